The minimum Gasteiger partial charge on any atom is -0.312 e. The zero-order chi connectivity index (χ0) is 14.9. The molecule has 0 aromatic carbocycles. The lowest BCUT2D eigenvalue weighted by Crippen LogP contribution is -2.47. The van der Waals surface area contributed by atoms with Gasteiger partial charge in [0.2, 0.25) is 0 Å². The molecular weight excluding hydrogens is 253 g/mol. The average molecular weight is 282 g/mol. The number of rotatable bonds is 10. The summed E-state index contributed by atoms with van der Waals surface area (Å²) in [5.74, 6) is 0.388. The van der Waals surface area contributed by atoms with Crippen molar-refractivity contribution in [3.8, 4) is 0 Å². The van der Waals surface area contributed by atoms with Crippen molar-refractivity contribution < 1.29 is 13.2 Å². The number of alkyl halides is 3. The van der Waals surface area contributed by atoms with Gasteiger partial charge in [0, 0.05) is 12.6 Å². The van der Waals surface area contributed by atoms with Crippen LogP contribution in [-0.4, -0.2) is 43.3 Å². The Bertz CT molecular complexity index is 219. The first-order valence-corrected chi connectivity index (χ1v) is 7.36. The van der Waals surface area contributed by atoms with Crippen LogP contribution in [0.1, 0.15) is 47.0 Å². The maximum absolute atomic E-state index is 12.6. The van der Waals surface area contributed by atoms with Crippen LogP contribution in [0.5, 0.6) is 0 Å². The van der Waals surface area contributed by atoms with E-state index in [2.05, 4.69) is 26.1 Å². The zero-order valence-electron chi connectivity index (χ0n) is 12.7. The van der Waals surface area contributed by atoms with Gasteiger partial charge in [-0.15, -0.1) is 0 Å². The highest BCUT2D eigenvalue weighted by atomic mass is 19.4. The topological polar surface area (TPSA) is 15.3 Å². The first kappa shape index (κ1) is 18.7. The van der Waals surface area contributed by atoms with Crippen molar-refractivity contribution in [3.63, 3.8) is 0 Å². The Kier molecular flexibility index (Phi) is 9.44. The summed E-state index contributed by atoms with van der Waals surface area (Å²) in [6.45, 7) is 9.21. The summed E-state index contributed by atoms with van der Waals surface area (Å²) in [7, 11) is 0. The van der Waals surface area contributed by atoms with Crippen LogP contribution in [0.2, 0.25) is 0 Å². The molecule has 2 unspecified atom stereocenters. The second-order valence-electron chi connectivity index (χ2n) is 5.30. The van der Waals surface area contributed by atoms with Crippen LogP contribution >= 0.6 is 0 Å². The number of nitrogens with zero attached hydrogens (tertiary/aromatic N) is 1. The molecule has 0 saturated carbocycles. The number of hydrogen-bond acceptors (Lipinski definition) is 2. The lowest BCUT2D eigenvalue weighted by atomic mass is 9.98. The minimum atomic E-state index is -4.11. The van der Waals surface area contributed by atoms with E-state index in [0.717, 1.165) is 25.8 Å². The average Bonchev–Trinajstić information content (AvgIpc) is 2.31. The summed E-state index contributed by atoms with van der Waals surface area (Å²) in [6.07, 6.45) is -1.38. The maximum Gasteiger partial charge on any atom is 0.401 e. The molecule has 0 heterocycles. The smallest absolute Gasteiger partial charge is 0.312 e. The Labute approximate surface area is 115 Å². The highest BCUT2D eigenvalue weighted by Gasteiger charge is 2.31. The Morgan fingerprint density at radius 1 is 1.11 bits per heavy atom. The fourth-order valence-corrected chi connectivity index (χ4v) is 2.14. The molecule has 116 valence electrons. The standard InChI is InChI=1S/C14H29F3N2/c1-5-8-18-13(12(4)7-3)10-19(9-6-2)11-14(15,16)17/h12-13,18H,5-11H2,1-4H3. The molecule has 2 atom stereocenters. The molecule has 0 aliphatic carbocycles. The molecule has 0 aliphatic rings. The van der Waals surface area contributed by atoms with Gasteiger partial charge in [0.1, 0.15) is 0 Å². The van der Waals surface area contributed by atoms with E-state index in [0.29, 0.717) is 19.0 Å². The van der Waals surface area contributed by atoms with Crippen LogP contribution in [0.25, 0.3) is 0 Å². The summed E-state index contributed by atoms with van der Waals surface area (Å²) in [5, 5.41) is 3.39. The molecule has 0 aliphatic heterocycles. The molecule has 0 aromatic rings. The van der Waals surface area contributed by atoms with E-state index in [1.54, 1.807) is 0 Å². The highest BCUT2D eigenvalue weighted by molar-refractivity contribution is 4.78. The molecule has 0 bridgehead atoms. The van der Waals surface area contributed by atoms with Crippen LogP contribution in [-0.2, 0) is 0 Å². The Morgan fingerprint density at radius 2 is 1.74 bits per heavy atom. The quantitative estimate of drug-likeness (QED) is 0.657. The molecule has 19 heavy (non-hydrogen) atoms. The third-order valence-electron chi connectivity index (χ3n) is 3.38. The van der Waals surface area contributed by atoms with Crippen LogP contribution < -0.4 is 5.32 Å². The normalized spacial score (nSPS) is 15.8. The third-order valence-corrected chi connectivity index (χ3v) is 3.38. The Morgan fingerprint density at radius 3 is 2.16 bits per heavy atom. The predicted octanol–water partition coefficient (Wildman–Crippen LogP) is 3.68. The number of halogens is 3. The Hall–Kier alpha value is -0.290. The molecule has 0 rings (SSSR count). The maximum atomic E-state index is 12.6. The van der Waals surface area contributed by atoms with E-state index in [4.69, 9.17) is 0 Å². The lowest BCUT2D eigenvalue weighted by molar-refractivity contribution is -0.147. The largest absolute Gasteiger partial charge is 0.401 e. The summed E-state index contributed by atoms with van der Waals surface area (Å²) in [4.78, 5) is 1.53. The Balaban J connectivity index is 4.53. The van der Waals surface area contributed by atoms with Crippen molar-refractivity contribution in [2.45, 2.75) is 59.2 Å². The van der Waals surface area contributed by atoms with Crippen LogP contribution in [0.4, 0.5) is 13.2 Å². The molecule has 1 N–H and O–H groups in total. The van der Waals surface area contributed by atoms with Crippen molar-refractivity contribution in [3.05, 3.63) is 0 Å². The van der Waals surface area contributed by atoms with Crippen molar-refractivity contribution in [1.82, 2.24) is 10.2 Å². The van der Waals surface area contributed by atoms with Gasteiger partial charge in [-0.2, -0.15) is 13.2 Å². The van der Waals surface area contributed by atoms with E-state index in [9.17, 15) is 13.2 Å². The number of nitrogens with one attached hydrogen (secondary N) is 1. The molecule has 0 fully saturated rings. The summed E-state index contributed by atoms with van der Waals surface area (Å²) >= 11 is 0. The van der Waals surface area contributed by atoms with Gasteiger partial charge in [0.25, 0.3) is 0 Å². The van der Waals surface area contributed by atoms with Crippen molar-refractivity contribution >= 4 is 0 Å². The van der Waals surface area contributed by atoms with Crippen molar-refractivity contribution in [2.24, 2.45) is 5.92 Å². The van der Waals surface area contributed by atoms with E-state index < -0.39 is 12.7 Å². The molecule has 0 spiro atoms. The molecule has 0 radical (unpaired) electrons. The van der Waals surface area contributed by atoms with E-state index in [1.165, 1.54) is 4.90 Å². The predicted molar refractivity (Wildman–Crippen MR) is 74.3 cm³/mol. The number of hydrogen-bond donors (Lipinski definition) is 1. The third kappa shape index (κ3) is 9.27. The SMILES string of the molecule is CCCNC(CN(CCC)CC(F)(F)F)C(C)CC. The van der Waals surface area contributed by atoms with E-state index in [1.807, 2.05) is 6.92 Å². The van der Waals surface area contributed by atoms with Gasteiger partial charge in [-0.1, -0.05) is 34.1 Å². The van der Waals surface area contributed by atoms with Gasteiger partial charge in [-0.25, -0.2) is 0 Å². The van der Waals surface area contributed by atoms with Crippen molar-refractivity contribution in [2.75, 3.05) is 26.2 Å². The fourth-order valence-electron chi connectivity index (χ4n) is 2.14. The second kappa shape index (κ2) is 9.59. The summed E-state index contributed by atoms with van der Waals surface area (Å²) in [5.41, 5.74) is 0. The van der Waals surface area contributed by atoms with Crippen LogP contribution in [0, 0.1) is 5.92 Å². The molecule has 5 heteroatoms. The zero-order valence-corrected chi connectivity index (χ0v) is 12.7. The molecule has 0 aromatic heterocycles. The first-order chi connectivity index (χ1) is 8.84. The molecule has 0 amide bonds. The van der Waals surface area contributed by atoms with E-state index in [-0.39, 0.29) is 6.04 Å². The van der Waals surface area contributed by atoms with Crippen molar-refractivity contribution in [1.29, 1.82) is 0 Å². The molecular formula is C14H29F3N2. The minimum absolute atomic E-state index is 0.138. The van der Waals surface area contributed by atoms with Gasteiger partial charge >= 0.3 is 6.18 Å². The molecule has 0 saturated heterocycles. The lowest BCUT2D eigenvalue weighted by Gasteiger charge is -2.31. The van der Waals surface area contributed by atoms with Crippen LogP contribution in [0.15, 0.2) is 0 Å². The van der Waals surface area contributed by atoms with Gasteiger partial charge in [-0.05, 0) is 31.8 Å². The van der Waals surface area contributed by atoms with Gasteiger partial charge < -0.3 is 5.32 Å². The summed E-state index contributed by atoms with van der Waals surface area (Å²) < 4.78 is 37.7. The highest BCUT2D eigenvalue weighted by Crippen LogP contribution is 2.18. The van der Waals surface area contributed by atoms with Gasteiger partial charge in [-0.3, -0.25) is 4.90 Å². The van der Waals surface area contributed by atoms with Gasteiger partial charge in [0.15, 0.2) is 0 Å². The monoisotopic (exact) mass is 282 g/mol. The first-order valence-electron chi connectivity index (χ1n) is 7.36. The van der Waals surface area contributed by atoms with Crippen LogP contribution in [0.3, 0.4) is 0 Å². The fraction of sp³-hybridized carbons (Fsp3) is 1.00. The molecule has 2 nitrogen and oxygen atoms in total. The van der Waals surface area contributed by atoms with E-state index >= 15 is 0 Å². The second-order valence-corrected chi connectivity index (χ2v) is 5.30. The summed E-state index contributed by atoms with van der Waals surface area (Å²) in [6, 6.07) is 0.138. The van der Waals surface area contributed by atoms with Gasteiger partial charge in [0.05, 0.1) is 6.54 Å².